The fraction of sp³-hybridized carbons (Fsp3) is 0.579. The molecule has 0 aromatic heterocycles. The lowest BCUT2D eigenvalue weighted by molar-refractivity contribution is 0.0474. The topological polar surface area (TPSA) is 74.8 Å². The van der Waals surface area contributed by atoms with E-state index < -0.39 is 17.2 Å². The van der Waals surface area contributed by atoms with Crippen LogP contribution in [0.3, 0.4) is 0 Å². The molecule has 3 N–H and O–H groups in total. The van der Waals surface area contributed by atoms with Crippen LogP contribution in [0, 0.1) is 12.7 Å². The monoisotopic (exact) mass is 494 g/mol. The lowest BCUT2D eigenvalue weighted by Crippen LogP contribution is -2.54. The third-order valence-corrected chi connectivity index (χ3v) is 3.44. The van der Waals surface area contributed by atoms with Gasteiger partial charge in [0.1, 0.15) is 11.4 Å². The van der Waals surface area contributed by atoms with Crippen molar-refractivity contribution in [2.75, 3.05) is 13.6 Å². The zero-order chi connectivity index (χ0) is 20.0. The van der Waals surface area contributed by atoms with Gasteiger partial charge in [-0.25, -0.2) is 9.18 Å². The summed E-state index contributed by atoms with van der Waals surface area (Å²) in [4.78, 5) is 16.1. The summed E-state index contributed by atoms with van der Waals surface area (Å²) in [5, 5.41) is 9.17. The molecule has 0 aliphatic heterocycles. The molecule has 1 aromatic carbocycles. The maximum absolute atomic E-state index is 13.3. The summed E-state index contributed by atoms with van der Waals surface area (Å²) in [7, 11) is 1.67. The number of benzene rings is 1. The number of aryl methyl sites for hydroxylation is 1. The van der Waals surface area contributed by atoms with Crippen molar-refractivity contribution in [3.05, 3.63) is 35.1 Å². The van der Waals surface area contributed by atoms with Gasteiger partial charge in [-0.2, -0.15) is 0 Å². The number of carbonyl (C=O) groups is 1. The molecule has 0 saturated heterocycles. The molecule has 0 saturated carbocycles. The van der Waals surface area contributed by atoms with Crippen molar-refractivity contribution in [1.82, 2.24) is 16.0 Å². The highest BCUT2D eigenvalue weighted by molar-refractivity contribution is 14.0. The number of nitrogens with one attached hydrogen (secondary N) is 3. The first-order valence-corrected chi connectivity index (χ1v) is 8.62. The first-order chi connectivity index (χ1) is 11.9. The minimum absolute atomic E-state index is 0. The predicted molar refractivity (Wildman–Crippen MR) is 118 cm³/mol. The van der Waals surface area contributed by atoms with Gasteiger partial charge < -0.3 is 20.7 Å². The van der Waals surface area contributed by atoms with Crippen LogP contribution in [0.15, 0.2) is 23.2 Å². The molecule has 0 spiro atoms. The normalized spacial score (nSPS) is 12.1. The van der Waals surface area contributed by atoms with Gasteiger partial charge in [-0.3, -0.25) is 4.99 Å². The number of hydrogen-bond donors (Lipinski definition) is 3. The summed E-state index contributed by atoms with van der Waals surface area (Å²) in [6, 6.07) is 4.98. The van der Waals surface area contributed by atoms with E-state index in [0.717, 1.165) is 5.56 Å². The molecule has 0 heterocycles. The lowest BCUT2D eigenvalue weighted by Gasteiger charge is -2.29. The first kappa shape index (κ1) is 25.4. The second-order valence-electron chi connectivity index (χ2n) is 7.87. The van der Waals surface area contributed by atoms with Crippen molar-refractivity contribution in [3.63, 3.8) is 0 Å². The quantitative estimate of drug-likeness (QED) is 0.332. The molecule has 1 rings (SSSR count). The lowest BCUT2D eigenvalue weighted by atomic mass is 10.1. The van der Waals surface area contributed by atoms with Crippen molar-refractivity contribution in [3.8, 4) is 0 Å². The van der Waals surface area contributed by atoms with Crippen molar-refractivity contribution in [2.45, 2.75) is 59.2 Å². The average molecular weight is 494 g/mol. The van der Waals surface area contributed by atoms with Crippen LogP contribution in [0.2, 0.25) is 0 Å². The molecule has 0 aliphatic rings. The SMILES string of the molecule is CN=C(NCc1ccc(F)c(C)c1)NCC(C)(C)NC(=O)OC(C)(C)C.I. The van der Waals surface area contributed by atoms with Gasteiger partial charge in [0.2, 0.25) is 0 Å². The molecule has 1 aromatic rings. The number of carbonyl (C=O) groups excluding carboxylic acids is 1. The van der Waals surface area contributed by atoms with E-state index in [4.69, 9.17) is 4.74 Å². The molecule has 8 heteroatoms. The third-order valence-electron chi connectivity index (χ3n) is 3.44. The predicted octanol–water partition coefficient (Wildman–Crippen LogP) is 3.72. The van der Waals surface area contributed by atoms with E-state index in [0.29, 0.717) is 24.6 Å². The Morgan fingerprint density at radius 1 is 1.19 bits per heavy atom. The average Bonchev–Trinajstić information content (AvgIpc) is 2.48. The van der Waals surface area contributed by atoms with Crippen LogP contribution >= 0.6 is 24.0 Å². The molecular weight excluding hydrogens is 462 g/mol. The summed E-state index contributed by atoms with van der Waals surface area (Å²) in [5.74, 6) is 0.372. The standard InChI is InChI=1S/C19H31FN4O2.HI/c1-13-10-14(8-9-15(13)20)11-22-16(21-7)23-12-19(5,6)24-17(25)26-18(2,3)4;/h8-10H,11-12H2,1-7H3,(H,24,25)(H2,21,22,23);1H. The smallest absolute Gasteiger partial charge is 0.408 e. The van der Waals surface area contributed by atoms with Gasteiger partial charge in [-0.15, -0.1) is 24.0 Å². The third kappa shape index (κ3) is 10.4. The van der Waals surface area contributed by atoms with Crippen molar-refractivity contribution in [1.29, 1.82) is 0 Å². The molecule has 0 aliphatic carbocycles. The maximum atomic E-state index is 13.3. The number of amides is 1. The minimum Gasteiger partial charge on any atom is -0.444 e. The van der Waals surface area contributed by atoms with Gasteiger partial charge in [0.15, 0.2) is 5.96 Å². The van der Waals surface area contributed by atoms with Gasteiger partial charge in [0.25, 0.3) is 0 Å². The Morgan fingerprint density at radius 2 is 1.81 bits per heavy atom. The highest BCUT2D eigenvalue weighted by Crippen LogP contribution is 2.10. The largest absolute Gasteiger partial charge is 0.444 e. The molecular formula is C19H32FIN4O2. The van der Waals surface area contributed by atoms with Crippen molar-refractivity contribution >= 4 is 36.0 Å². The van der Waals surface area contributed by atoms with Crippen LogP contribution in [-0.2, 0) is 11.3 Å². The highest BCUT2D eigenvalue weighted by Gasteiger charge is 2.24. The molecule has 0 unspecified atom stereocenters. The van der Waals surface area contributed by atoms with E-state index in [1.165, 1.54) is 6.07 Å². The van der Waals surface area contributed by atoms with Crippen LogP contribution in [0.5, 0.6) is 0 Å². The second-order valence-corrected chi connectivity index (χ2v) is 7.87. The molecule has 0 bridgehead atoms. The zero-order valence-corrected chi connectivity index (χ0v) is 19.5. The number of rotatable bonds is 5. The van der Waals surface area contributed by atoms with Crippen molar-refractivity contribution in [2.24, 2.45) is 4.99 Å². The number of nitrogens with zero attached hydrogens (tertiary/aromatic N) is 1. The molecule has 0 radical (unpaired) electrons. The van der Waals surface area contributed by atoms with E-state index in [9.17, 15) is 9.18 Å². The fourth-order valence-corrected chi connectivity index (χ4v) is 2.15. The van der Waals surface area contributed by atoms with Crippen LogP contribution in [0.1, 0.15) is 45.7 Å². The number of halogens is 2. The Bertz CT molecular complexity index is 658. The fourth-order valence-electron chi connectivity index (χ4n) is 2.15. The van der Waals surface area contributed by atoms with Gasteiger partial charge in [-0.1, -0.05) is 12.1 Å². The Morgan fingerprint density at radius 3 is 2.33 bits per heavy atom. The Labute approximate surface area is 178 Å². The molecule has 1 amide bonds. The molecule has 27 heavy (non-hydrogen) atoms. The van der Waals surface area contributed by atoms with E-state index >= 15 is 0 Å². The van der Waals surface area contributed by atoms with E-state index in [1.54, 1.807) is 26.1 Å². The Balaban J connectivity index is 0.00000676. The molecule has 6 nitrogen and oxygen atoms in total. The minimum atomic E-state index is -0.543. The van der Waals surface area contributed by atoms with Gasteiger partial charge in [-0.05, 0) is 58.7 Å². The van der Waals surface area contributed by atoms with Gasteiger partial charge in [0.05, 0.1) is 5.54 Å². The van der Waals surface area contributed by atoms with Crippen LogP contribution in [0.25, 0.3) is 0 Å². The first-order valence-electron chi connectivity index (χ1n) is 8.62. The van der Waals surface area contributed by atoms with Gasteiger partial charge in [0, 0.05) is 20.1 Å². The summed E-state index contributed by atoms with van der Waals surface area (Å²) >= 11 is 0. The highest BCUT2D eigenvalue weighted by atomic mass is 127. The molecule has 0 fully saturated rings. The molecule has 0 atom stereocenters. The summed E-state index contributed by atoms with van der Waals surface area (Å²) < 4.78 is 18.6. The number of hydrogen-bond acceptors (Lipinski definition) is 3. The van der Waals surface area contributed by atoms with E-state index in [2.05, 4.69) is 20.9 Å². The van der Waals surface area contributed by atoms with E-state index in [-0.39, 0.29) is 29.8 Å². The van der Waals surface area contributed by atoms with Crippen LogP contribution in [-0.4, -0.2) is 36.8 Å². The summed E-state index contributed by atoms with van der Waals surface area (Å²) in [6.07, 6.45) is -0.464. The number of alkyl carbamates (subject to hydrolysis) is 1. The zero-order valence-electron chi connectivity index (χ0n) is 17.2. The Kier molecular flexibility index (Phi) is 10.1. The van der Waals surface area contributed by atoms with Gasteiger partial charge >= 0.3 is 6.09 Å². The van der Waals surface area contributed by atoms with Crippen molar-refractivity contribution < 1.29 is 13.9 Å². The second kappa shape index (κ2) is 10.7. The maximum Gasteiger partial charge on any atom is 0.408 e. The number of ether oxygens (including phenoxy) is 1. The number of guanidine groups is 1. The van der Waals surface area contributed by atoms with Crippen LogP contribution in [0.4, 0.5) is 9.18 Å². The number of aliphatic imine (C=N–C) groups is 1. The molecule has 154 valence electrons. The van der Waals surface area contributed by atoms with Crippen LogP contribution < -0.4 is 16.0 Å². The Hall–Kier alpha value is -1.58. The van der Waals surface area contributed by atoms with E-state index in [1.807, 2.05) is 34.6 Å². The summed E-state index contributed by atoms with van der Waals surface area (Å²) in [6.45, 7) is 11.9. The summed E-state index contributed by atoms with van der Waals surface area (Å²) in [5.41, 5.74) is 0.484.